The fourth-order valence-electron chi connectivity index (χ4n) is 3.85. The van der Waals surface area contributed by atoms with Crippen LogP contribution in [0.25, 0.3) is 42.4 Å². The third kappa shape index (κ3) is 2.77. The highest BCUT2D eigenvalue weighted by Gasteiger charge is 2.18. The molecule has 0 spiro atoms. The van der Waals surface area contributed by atoms with Crippen LogP contribution in [0.5, 0.6) is 0 Å². The highest BCUT2D eigenvalue weighted by Crippen LogP contribution is 2.46. The molecule has 0 radical (unpaired) electrons. The van der Waals surface area contributed by atoms with Crippen LogP contribution < -0.4 is 0 Å². The molecule has 2 heterocycles. The Kier molecular flexibility index (Phi) is 4.49. The molecule has 4 heteroatoms. The molecule has 0 unspecified atom stereocenters. The summed E-state index contributed by atoms with van der Waals surface area (Å²) in [5.41, 5.74) is 2.44. The summed E-state index contributed by atoms with van der Waals surface area (Å²) in [6, 6.07) is 25.3. The zero-order valence-electron chi connectivity index (χ0n) is 15.1. The van der Waals surface area contributed by atoms with Crippen molar-refractivity contribution in [2.75, 3.05) is 0 Å². The van der Waals surface area contributed by atoms with Crippen LogP contribution in [-0.2, 0) is 13.2 Å². The Morgan fingerprint density at radius 1 is 0.500 bits per heavy atom. The number of aliphatic hydroxyl groups excluding tert-OH is 2. The Balaban J connectivity index is 1.93. The van der Waals surface area contributed by atoms with E-state index in [-0.39, 0.29) is 13.2 Å². The van der Waals surface area contributed by atoms with Crippen molar-refractivity contribution in [1.29, 1.82) is 0 Å². The maximum Gasteiger partial charge on any atom is 0.0774 e. The molecule has 2 N–H and O–H groups in total. The van der Waals surface area contributed by atoms with Crippen molar-refractivity contribution < 1.29 is 10.2 Å². The maximum atomic E-state index is 9.53. The third-order valence-corrected chi connectivity index (χ3v) is 7.23. The Hall–Kier alpha value is -2.50. The maximum absolute atomic E-state index is 9.53. The second kappa shape index (κ2) is 7.15. The van der Waals surface area contributed by atoms with Crippen LogP contribution in [0, 0.1) is 0 Å². The van der Waals surface area contributed by atoms with Crippen molar-refractivity contribution in [3.63, 3.8) is 0 Å². The van der Waals surface area contributed by atoms with Gasteiger partial charge in [0.25, 0.3) is 0 Å². The summed E-state index contributed by atoms with van der Waals surface area (Å²) < 4.78 is 0. The minimum atomic E-state index is 0.0672. The lowest BCUT2D eigenvalue weighted by Gasteiger charge is -2.15. The van der Waals surface area contributed by atoms with Gasteiger partial charge >= 0.3 is 0 Å². The SMILES string of the molecule is OCc1ccc(-c2c3ccccc3c(-c3ccc(CO)s3)c3ccccc23)s1. The molecule has 0 aliphatic heterocycles. The minimum absolute atomic E-state index is 0.0672. The average Bonchev–Trinajstić information content (AvgIpc) is 3.41. The molecule has 0 fully saturated rings. The van der Waals surface area contributed by atoms with Crippen LogP contribution in [0.15, 0.2) is 72.8 Å². The first-order chi connectivity index (χ1) is 13.8. The van der Waals surface area contributed by atoms with E-state index in [1.165, 1.54) is 42.4 Å². The topological polar surface area (TPSA) is 40.5 Å². The van der Waals surface area contributed by atoms with Crippen molar-refractivity contribution in [2.45, 2.75) is 13.2 Å². The van der Waals surface area contributed by atoms with Crippen LogP contribution in [-0.4, -0.2) is 10.2 Å². The first kappa shape index (κ1) is 17.6. The Bertz CT molecular complexity index is 1140. The Morgan fingerprint density at radius 2 is 0.857 bits per heavy atom. The van der Waals surface area contributed by atoms with E-state index in [1.54, 1.807) is 22.7 Å². The molecule has 5 aromatic rings. The average molecular weight is 403 g/mol. The van der Waals surface area contributed by atoms with E-state index >= 15 is 0 Å². The van der Waals surface area contributed by atoms with E-state index in [9.17, 15) is 10.2 Å². The predicted octanol–water partition coefficient (Wildman–Crippen LogP) is 6.43. The minimum Gasteiger partial charge on any atom is -0.391 e. The van der Waals surface area contributed by atoms with Gasteiger partial charge in [0.2, 0.25) is 0 Å². The molecule has 3 aromatic carbocycles. The monoisotopic (exact) mass is 402 g/mol. The normalized spacial score (nSPS) is 11.5. The molecule has 2 nitrogen and oxygen atoms in total. The lowest BCUT2D eigenvalue weighted by Crippen LogP contribution is -1.88. The van der Waals surface area contributed by atoms with Crippen molar-refractivity contribution in [3.05, 3.63) is 82.6 Å². The first-order valence-corrected chi connectivity index (χ1v) is 10.8. The Labute approximate surface area is 171 Å². The van der Waals surface area contributed by atoms with E-state index in [0.717, 1.165) is 9.75 Å². The fraction of sp³-hybridized carbons (Fsp3) is 0.0833. The van der Waals surface area contributed by atoms with E-state index in [0.29, 0.717) is 0 Å². The quantitative estimate of drug-likeness (QED) is 0.340. The van der Waals surface area contributed by atoms with Gasteiger partial charge < -0.3 is 10.2 Å². The van der Waals surface area contributed by atoms with Crippen LogP contribution in [0.1, 0.15) is 9.75 Å². The van der Waals surface area contributed by atoms with Crippen LogP contribution in [0.4, 0.5) is 0 Å². The Morgan fingerprint density at radius 3 is 1.14 bits per heavy atom. The third-order valence-electron chi connectivity index (χ3n) is 5.06. The van der Waals surface area contributed by atoms with Gasteiger partial charge in [0.15, 0.2) is 0 Å². The number of hydrogen-bond donors (Lipinski definition) is 2. The summed E-state index contributed by atoms with van der Waals surface area (Å²) in [6.07, 6.45) is 0. The van der Waals surface area contributed by atoms with Crippen molar-refractivity contribution >= 4 is 44.2 Å². The van der Waals surface area contributed by atoms with Crippen molar-refractivity contribution in [3.8, 4) is 20.9 Å². The summed E-state index contributed by atoms with van der Waals surface area (Å²) >= 11 is 3.29. The molecule has 0 atom stereocenters. The molecule has 0 saturated heterocycles. The van der Waals surface area contributed by atoms with Gasteiger partial charge in [-0.05, 0) is 45.8 Å². The highest BCUT2D eigenvalue weighted by molar-refractivity contribution is 7.16. The van der Waals surface area contributed by atoms with E-state index < -0.39 is 0 Å². The van der Waals surface area contributed by atoms with Crippen LogP contribution in [0.2, 0.25) is 0 Å². The molecular weight excluding hydrogens is 384 g/mol. The van der Waals surface area contributed by atoms with Gasteiger partial charge in [-0.15, -0.1) is 22.7 Å². The van der Waals surface area contributed by atoms with Gasteiger partial charge in [-0.3, -0.25) is 0 Å². The van der Waals surface area contributed by atoms with E-state index in [4.69, 9.17) is 0 Å². The second-order valence-corrected chi connectivity index (χ2v) is 9.03. The molecular formula is C24H18O2S2. The van der Waals surface area contributed by atoms with E-state index in [1.807, 2.05) is 12.1 Å². The zero-order chi connectivity index (χ0) is 19.1. The molecule has 28 heavy (non-hydrogen) atoms. The lowest BCUT2D eigenvalue weighted by atomic mass is 9.90. The van der Waals surface area contributed by atoms with Crippen LogP contribution >= 0.6 is 22.7 Å². The van der Waals surface area contributed by atoms with Gasteiger partial charge in [-0.25, -0.2) is 0 Å². The summed E-state index contributed by atoms with van der Waals surface area (Å²) in [4.78, 5) is 4.28. The summed E-state index contributed by atoms with van der Waals surface area (Å²) in [5.74, 6) is 0. The molecule has 138 valence electrons. The lowest BCUT2D eigenvalue weighted by molar-refractivity contribution is 0.285. The van der Waals surface area contributed by atoms with Crippen molar-refractivity contribution in [1.82, 2.24) is 0 Å². The van der Waals surface area contributed by atoms with Gasteiger partial charge in [0.05, 0.1) is 13.2 Å². The summed E-state index contributed by atoms with van der Waals surface area (Å²) in [7, 11) is 0. The predicted molar refractivity (Wildman–Crippen MR) is 120 cm³/mol. The first-order valence-electron chi connectivity index (χ1n) is 9.13. The number of thiophene rings is 2. The summed E-state index contributed by atoms with van der Waals surface area (Å²) in [6.45, 7) is 0.134. The number of benzene rings is 3. The number of rotatable bonds is 4. The standard InChI is InChI=1S/C24H18O2S2/c25-13-15-9-11-21(27-15)23-17-5-1-2-6-18(17)24(20-8-4-3-7-19(20)23)22-12-10-16(14-26)28-22/h1-12,25-26H,13-14H2. The molecule has 0 aliphatic rings. The van der Waals surface area contributed by atoms with Gasteiger partial charge in [0, 0.05) is 30.6 Å². The zero-order valence-corrected chi connectivity index (χ0v) is 16.7. The van der Waals surface area contributed by atoms with Crippen molar-refractivity contribution in [2.24, 2.45) is 0 Å². The number of fused-ring (bicyclic) bond motifs is 2. The van der Waals surface area contributed by atoms with Gasteiger partial charge in [-0.1, -0.05) is 48.5 Å². The van der Waals surface area contributed by atoms with E-state index in [2.05, 4.69) is 60.7 Å². The molecule has 0 amide bonds. The molecule has 0 saturated carbocycles. The fourth-order valence-corrected chi connectivity index (χ4v) is 5.74. The van der Waals surface area contributed by atoms with Gasteiger partial charge in [0.1, 0.15) is 0 Å². The smallest absolute Gasteiger partial charge is 0.0774 e. The highest BCUT2D eigenvalue weighted by atomic mass is 32.1. The summed E-state index contributed by atoms with van der Waals surface area (Å²) in [5, 5.41) is 23.9. The molecule has 0 bridgehead atoms. The largest absolute Gasteiger partial charge is 0.391 e. The molecule has 5 rings (SSSR count). The molecule has 0 aliphatic carbocycles. The number of aliphatic hydroxyl groups is 2. The number of hydrogen-bond acceptors (Lipinski definition) is 4. The second-order valence-electron chi connectivity index (χ2n) is 6.69. The van der Waals surface area contributed by atoms with Crippen LogP contribution in [0.3, 0.4) is 0 Å². The van der Waals surface area contributed by atoms with Gasteiger partial charge in [-0.2, -0.15) is 0 Å². The molecule has 2 aromatic heterocycles.